The molecule has 0 spiro atoms. The van der Waals surface area contributed by atoms with Crippen molar-refractivity contribution < 1.29 is 28.7 Å². The van der Waals surface area contributed by atoms with Crippen molar-refractivity contribution in [2.75, 3.05) is 69.8 Å². The van der Waals surface area contributed by atoms with E-state index in [9.17, 15) is 19.2 Å². The summed E-state index contributed by atoms with van der Waals surface area (Å²) >= 11 is 0. The predicted molar refractivity (Wildman–Crippen MR) is 140 cm³/mol. The van der Waals surface area contributed by atoms with Gasteiger partial charge < -0.3 is 19.3 Å². The number of carbonyl (C=O) groups excluding carboxylic acids is 4. The van der Waals surface area contributed by atoms with Gasteiger partial charge in [0.2, 0.25) is 17.8 Å². The van der Waals surface area contributed by atoms with Gasteiger partial charge in [0.1, 0.15) is 6.04 Å². The molecule has 2 aromatic rings. The van der Waals surface area contributed by atoms with E-state index in [0.717, 1.165) is 37.6 Å². The molecule has 1 aromatic heterocycles. The summed E-state index contributed by atoms with van der Waals surface area (Å²) in [7, 11) is 3.01. The van der Waals surface area contributed by atoms with Gasteiger partial charge in [0.05, 0.1) is 31.0 Å². The SMILES string of the molecule is COc1nc(OC)nc(N2CC(CN3CCN(c4cccc5c4C(=O)N(C4CCC(=O)NC4=O)C5=O)CC3)C2)n1. The summed E-state index contributed by atoms with van der Waals surface area (Å²) in [6.07, 6.45) is 0.229. The third-order valence-electron chi connectivity index (χ3n) is 7.86. The zero-order chi connectivity index (χ0) is 28.0. The summed E-state index contributed by atoms with van der Waals surface area (Å²) in [5.41, 5.74) is 1.34. The van der Waals surface area contributed by atoms with Crippen LogP contribution < -0.4 is 24.6 Å². The molecular weight excluding hydrogens is 520 g/mol. The third kappa shape index (κ3) is 4.57. The average molecular weight is 551 g/mol. The van der Waals surface area contributed by atoms with Gasteiger partial charge in [0, 0.05) is 58.2 Å². The molecule has 4 aliphatic heterocycles. The summed E-state index contributed by atoms with van der Waals surface area (Å²) in [5.74, 6) is -0.969. The molecule has 3 fully saturated rings. The molecule has 210 valence electrons. The Balaban J connectivity index is 1.07. The number of amides is 4. The molecule has 6 rings (SSSR count). The van der Waals surface area contributed by atoms with Crippen LogP contribution in [0.1, 0.15) is 33.6 Å². The maximum atomic E-state index is 13.5. The highest BCUT2D eigenvalue weighted by atomic mass is 16.5. The quantitative estimate of drug-likeness (QED) is 0.445. The molecule has 40 heavy (non-hydrogen) atoms. The van der Waals surface area contributed by atoms with E-state index in [0.29, 0.717) is 41.8 Å². The normalized spacial score (nSPS) is 21.9. The van der Waals surface area contributed by atoms with Crippen molar-refractivity contribution in [3.63, 3.8) is 0 Å². The summed E-state index contributed by atoms with van der Waals surface area (Å²) < 4.78 is 10.3. The molecule has 0 saturated carbocycles. The Morgan fingerprint density at radius 3 is 2.25 bits per heavy atom. The second-order valence-corrected chi connectivity index (χ2v) is 10.3. The molecule has 1 unspecified atom stereocenters. The maximum absolute atomic E-state index is 13.5. The number of ether oxygens (including phenoxy) is 2. The van der Waals surface area contributed by atoms with Gasteiger partial charge >= 0.3 is 12.0 Å². The lowest BCUT2D eigenvalue weighted by Gasteiger charge is -2.44. The molecule has 14 nitrogen and oxygen atoms in total. The van der Waals surface area contributed by atoms with E-state index >= 15 is 0 Å². The first-order valence-electron chi connectivity index (χ1n) is 13.3. The molecule has 1 atom stereocenters. The Hall–Kier alpha value is -4.33. The van der Waals surface area contributed by atoms with Crippen LogP contribution in [0.5, 0.6) is 12.0 Å². The minimum atomic E-state index is -0.975. The molecule has 1 aromatic carbocycles. The van der Waals surface area contributed by atoms with Crippen molar-refractivity contribution in [3.8, 4) is 12.0 Å². The largest absolute Gasteiger partial charge is 0.467 e. The van der Waals surface area contributed by atoms with Crippen molar-refractivity contribution in [2.24, 2.45) is 5.92 Å². The fraction of sp³-hybridized carbons (Fsp3) is 0.500. The van der Waals surface area contributed by atoms with Gasteiger partial charge in [-0.1, -0.05) is 6.07 Å². The number of anilines is 2. The van der Waals surface area contributed by atoms with Crippen molar-refractivity contribution in [3.05, 3.63) is 29.3 Å². The molecule has 3 saturated heterocycles. The third-order valence-corrected chi connectivity index (χ3v) is 7.86. The standard InChI is InChI=1S/C26H30N8O6/c1-39-25-28-24(29-26(30-25)40-2)33-13-15(14-33)12-31-8-10-32(11-9-31)17-5-3-4-16-20(17)23(38)34(22(16)37)18-6-7-19(35)27-21(18)36/h3-5,15,18H,6-14H2,1-2H3,(H,27,35,36). The number of imide groups is 2. The number of hydrogen-bond acceptors (Lipinski definition) is 12. The lowest BCUT2D eigenvalue weighted by Crippen LogP contribution is -2.55. The Bertz CT molecular complexity index is 1350. The van der Waals surface area contributed by atoms with E-state index in [-0.39, 0.29) is 24.9 Å². The number of rotatable bonds is 7. The van der Waals surface area contributed by atoms with Crippen LogP contribution in [0, 0.1) is 5.92 Å². The monoisotopic (exact) mass is 550 g/mol. The number of hydrogen-bond donors (Lipinski definition) is 1. The number of methoxy groups -OCH3 is 2. The molecule has 5 heterocycles. The van der Waals surface area contributed by atoms with Crippen LogP contribution in [0.3, 0.4) is 0 Å². The maximum Gasteiger partial charge on any atom is 0.324 e. The fourth-order valence-electron chi connectivity index (χ4n) is 5.80. The van der Waals surface area contributed by atoms with Gasteiger partial charge in [0.25, 0.3) is 11.8 Å². The second kappa shape index (κ2) is 10.3. The molecule has 1 N–H and O–H groups in total. The Morgan fingerprint density at radius 1 is 0.900 bits per heavy atom. The molecule has 14 heteroatoms. The number of nitrogens with one attached hydrogen (secondary N) is 1. The van der Waals surface area contributed by atoms with E-state index in [1.54, 1.807) is 12.1 Å². The Kier molecular flexibility index (Phi) is 6.70. The first-order valence-corrected chi connectivity index (χ1v) is 13.3. The topological polar surface area (TPSA) is 150 Å². The van der Waals surface area contributed by atoms with Crippen LogP contribution in [0.2, 0.25) is 0 Å². The number of fused-ring (bicyclic) bond motifs is 1. The number of carbonyl (C=O) groups is 4. The smallest absolute Gasteiger partial charge is 0.324 e. The van der Waals surface area contributed by atoms with E-state index < -0.39 is 29.7 Å². The van der Waals surface area contributed by atoms with Gasteiger partial charge in [-0.05, 0) is 18.6 Å². The summed E-state index contributed by atoms with van der Waals surface area (Å²) in [6, 6.07) is 4.71. The number of piperidine rings is 1. The van der Waals surface area contributed by atoms with Gasteiger partial charge in [-0.15, -0.1) is 4.98 Å². The summed E-state index contributed by atoms with van der Waals surface area (Å²) in [4.78, 5) is 70.9. The number of nitrogens with zero attached hydrogens (tertiary/aromatic N) is 7. The highest BCUT2D eigenvalue weighted by Gasteiger charge is 2.46. The number of benzene rings is 1. The van der Waals surface area contributed by atoms with E-state index in [2.05, 4.69) is 35.0 Å². The van der Waals surface area contributed by atoms with Crippen molar-refractivity contribution in [1.82, 2.24) is 30.1 Å². The minimum absolute atomic E-state index is 0.0926. The van der Waals surface area contributed by atoms with Crippen molar-refractivity contribution in [2.45, 2.75) is 18.9 Å². The van der Waals surface area contributed by atoms with Crippen molar-refractivity contribution in [1.29, 1.82) is 0 Å². The lowest BCUT2D eigenvalue weighted by molar-refractivity contribution is -0.136. The molecule has 0 radical (unpaired) electrons. The first kappa shape index (κ1) is 25.9. The lowest BCUT2D eigenvalue weighted by atomic mass is 9.99. The number of piperazine rings is 1. The fourth-order valence-corrected chi connectivity index (χ4v) is 5.80. The van der Waals surface area contributed by atoms with E-state index in [1.807, 2.05) is 6.07 Å². The summed E-state index contributed by atoms with van der Waals surface area (Å²) in [5, 5.41) is 2.24. The number of aromatic nitrogens is 3. The van der Waals surface area contributed by atoms with Crippen LogP contribution in [-0.2, 0) is 9.59 Å². The zero-order valence-electron chi connectivity index (χ0n) is 22.3. The molecule has 0 bridgehead atoms. The van der Waals surface area contributed by atoms with Gasteiger partial charge in [-0.25, -0.2) is 0 Å². The highest BCUT2D eigenvalue weighted by molar-refractivity contribution is 6.25. The average Bonchev–Trinajstić information content (AvgIpc) is 3.20. The Morgan fingerprint density at radius 2 is 1.60 bits per heavy atom. The first-order chi connectivity index (χ1) is 19.4. The predicted octanol–water partition coefficient (Wildman–Crippen LogP) is -0.452. The molecule has 0 aliphatic carbocycles. The molecular formula is C26H30N8O6. The van der Waals surface area contributed by atoms with Gasteiger partial charge in [0.15, 0.2) is 0 Å². The van der Waals surface area contributed by atoms with Crippen molar-refractivity contribution >= 4 is 35.3 Å². The Labute approximate surface area is 230 Å². The minimum Gasteiger partial charge on any atom is -0.467 e. The molecule has 4 amide bonds. The summed E-state index contributed by atoms with van der Waals surface area (Å²) in [6.45, 7) is 5.59. The van der Waals surface area contributed by atoms with E-state index in [1.165, 1.54) is 14.2 Å². The highest BCUT2D eigenvalue weighted by Crippen LogP contribution is 2.35. The van der Waals surface area contributed by atoms with Crippen LogP contribution in [0.4, 0.5) is 11.6 Å². The second-order valence-electron chi connectivity index (χ2n) is 10.3. The van der Waals surface area contributed by atoms with Crippen LogP contribution in [0.15, 0.2) is 18.2 Å². The zero-order valence-corrected chi connectivity index (χ0v) is 22.3. The van der Waals surface area contributed by atoms with Crippen LogP contribution in [0.25, 0.3) is 0 Å². The molecule has 4 aliphatic rings. The van der Waals surface area contributed by atoms with E-state index in [4.69, 9.17) is 9.47 Å². The van der Waals surface area contributed by atoms with Crippen LogP contribution >= 0.6 is 0 Å². The van der Waals surface area contributed by atoms with Crippen LogP contribution in [-0.4, -0.2) is 114 Å². The van der Waals surface area contributed by atoms with Gasteiger partial charge in [-0.3, -0.25) is 34.3 Å². The van der Waals surface area contributed by atoms with Gasteiger partial charge in [-0.2, -0.15) is 9.97 Å².